The van der Waals surface area contributed by atoms with E-state index in [0.29, 0.717) is 6.42 Å². The molecule has 0 saturated heterocycles. The second kappa shape index (κ2) is 8.59. The number of primary amides is 1. The highest BCUT2D eigenvalue weighted by Gasteiger charge is 2.21. The van der Waals surface area contributed by atoms with E-state index in [0.717, 1.165) is 22.1 Å². The lowest BCUT2D eigenvalue weighted by atomic mass is 9.99. The smallest absolute Gasteiger partial charge is 0.312 e. The monoisotopic (exact) mass is 345 g/mol. The first-order chi connectivity index (χ1) is 11.5. The van der Waals surface area contributed by atoms with Gasteiger partial charge in [-0.05, 0) is 41.7 Å². The fraction of sp³-hybridized carbons (Fsp3) is 0.333. The van der Waals surface area contributed by atoms with Crippen molar-refractivity contribution in [1.82, 2.24) is 10.6 Å². The molecule has 2 rings (SSSR count). The summed E-state index contributed by atoms with van der Waals surface area (Å²) in [5, 5.41) is 7.74. The van der Waals surface area contributed by atoms with Gasteiger partial charge >= 0.3 is 6.03 Å². The number of carbonyl (C=O) groups is 2. The number of benzene rings is 2. The number of amides is 3. The van der Waals surface area contributed by atoms with Gasteiger partial charge in [0.25, 0.3) is 0 Å². The van der Waals surface area contributed by atoms with Crippen LogP contribution in [0.15, 0.2) is 42.5 Å². The van der Waals surface area contributed by atoms with Crippen molar-refractivity contribution in [2.24, 2.45) is 5.73 Å². The molecule has 128 valence electrons. The lowest BCUT2D eigenvalue weighted by molar-refractivity contribution is -0.123. The third kappa shape index (κ3) is 4.64. The van der Waals surface area contributed by atoms with Crippen LogP contribution in [0.2, 0.25) is 0 Å². The van der Waals surface area contributed by atoms with Crippen molar-refractivity contribution in [2.45, 2.75) is 25.4 Å². The second-order valence-corrected chi connectivity index (χ2v) is 6.63. The SMILES string of the molecule is CSCCC(NC(N)=O)C(=O)NC(C)c1cccc2ccccc12. The van der Waals surface area contributed by atoms with Gasteiger partial charge in [0.05, 0.1) is 6.04 Å². The second-order valence-electron chi connectivity index (χ2n) is 5.64. The van der Waals surface area contributed by atoms with E-state index in [1.807, 2.05) is 55.6 Å². The van der Waals surface area contributed by atoms with Gasteiger partial charge < -0.3 is 16.4 Å². The number of fused-ring (bicyclic) bond motifs is 1. The molecule has 4 N–H and O–H groups in total. The molecule has 0 bridgehead atoms. The summed E-state index contributed by atoms with van der Waals surface area (Å²) in [6.07, 6.45) is 2.50. The first kappa shape index (κ1) is 18.1. The van der Waals surface area contributed by atoms with Gasteiger partial charge in [0.1, 0.15) is 6.04 Å². The average Bonchev–Trinajstić information content (AvgIpc) is 2.57. The summed E-state index contributed by atoms with van der Waals surface area (Å²) in [5.74, 6) is 0.546. The molecule has 2 aromatic carbocycles. The van der Waals surface area contributed by atoms with Crippen LogP contribution in [-0.2, 0) is 4.79 Å². The topological polar surface area (TPSA) is 84.2 Å². The predicted molar refractivity (Wildman–Crippen MR) is 100 cm³/mol. The third-order valence-corrected chi connectivity index (χ3v) is 4.54. The van der Waals surface area contributed by atoms with Gasteiger partial charge in [0.15, 0.2) is 0 Å². The van der Waals surface area contributed by atoms with E-state index in [-0.39, 0.29) is 11.9 Å². The van der Waals surface area contributed by atoms with Gasteiger partial charge in [-0.1, -0.05) is 42.5 Å². The summed E-state index contributed by atoms with van der Waals surface area (Å²) < 4.78 is 0. The van der Waals surface area contributed by atoms with Crippen LogP contribution >= 0.6 is 11.8 Å². The molecule has 0 saturated carbocycles. The molecule has 6 heteroatoms. The molecule has 0 aliphatic rings. The summed E-state index contributed by atoms with van der Waals surface area (Å²) in [6.45, 7) is 1.94. The minimum absolute atomic E-state index is 0.171. The van der Waals surface area contributed by atoms with Crippen LogP contribution in [0.3, 0.4) is 0 Å². The fourth-order valence-corrected chi connectivity index (χ4v) is 3.17. The first-order valence-corrected chi connectivity index (χ1v) is 9.25. The van der Waals surface area contributed by atoms with Crippen molar-refractivity contribution in [3.63, 3.8) is 0 Å². The highest BCUT2D eigenvalue weighted by atomic mass is 32.2. The lowest BCUT2D eigenvalue weighted by Crippen LogP contribution is -2.49. The Morgan fingerprint density at radius 1 is 1.12 bits per heavy atom. The Balaban J connectivity index is 2.15. The molecule has 0 heterocycles. The molecular formula is C18H23N3O2S. The first-order valence-electron chi connectivity index (χ1n) is 7.86. The molecule has 0 fully saturated rings. The van der Waals surface area contributed by atoms with Gasteiger partial charge in [-0.15, -0.1) is 0 Å². The zero-order valence-electron chi connectivity index (χ0n) is 13.9. The highest BCUT2D eigenvalue weighted by molar-refractivity contribution is 7.98. The number of hydrogen-bond acceptors (Lipinski definition) is 3. The quantitative estimate of drug-likeness (QED) is 0.721. The highest BCUT2D eigenvalue weighted by Crippen LogP contribution is 2.24. The summed E-state index contributed by atoms with van der Waals surface area (Å²) in [5.41, 5.74) is 6.23. The van der Waals surface area contributed by atoms with Gasteiger partial charge in [0, 0.05) is 0 Å². The maximum absolute atomic E-state index is 12.5. The Morgan fingerprint density at radius 3 is 2.54 bits per heavy atom. The van der Waals surface area contributed by atoms with Gasteiger partial charge in [0.2, 0.25) is 5.91 Å². The number of hydrogen-bond donors (Lipinski definition) is 3. The number of carbonyl (C=O) groups excluding carboxylic acids is 2. The summed E-state index contributed by atoms with van der Waals surface area (Å²) >= 11 is 1.62. The fourth-order valence-electron chi connectivity index (χ4n) is 2.70. The van der Waals surface area contributed by atoms with Crippen LogP contribution in [0, 0.1) is 0 Å². The molecule has 0 aliphatic heterocycles. The number of nitrogens with two attached hydrogens (primary N) is 1. The van der Waals surface area contributed by atoms with Gasteiger partial charge in [-0.25, -0.2) is 4.79 Å². The molecule has 0 radical (unpaired) electrons. The molecule has 24 heavy (non-hydrogen) atoms. The van der Waals surface area contributed by atoms with E-state index in [2.05, 4.69) is 10.6 Å². The molecule has 2 atom stereocenters. The zero-order valence-corrected chi connectivity index (χ0v) is 14.7. The number of rotatable bonds is 7. The minimum atomic E-state index is -0.686. The largest absolute Gasteiger partial charge is 0.352 e. The Labute approximate surface area is 146 Å². The van der Waals surface area contributed by atoms with E-state index in [1.165, 1.54) is 0 Å². The maximum Gasteiger partial charge on any atom is 0.312 e. The minimum Gasteiger partial charge on any atom is -0.352 e. The average molecular weight is 345 g/mol. The maximum atomic E-state index is 12.5. The molecule has 0 spiro atoms. The van der Waals surface area contributed by atoms with Crippen molar-refractivity contribution in [3.8, 4) is 0 Å². The van der Waals surface area contributed by atoms with Crippen molar-refractivity contribution in [2.75, 3.05) is 12.0 Å². The van der Waals surface area contributed by atoms with E-state index < -0.39 is 12.1 Å². The Hall–Kier alpha value is -2.21. The molecule has 5 nitrogen and oxygen atoms in total. The van der Waals surface area contributed by atoms with Crippen LogP contribution in [0.25, 0.3) is 10.8 Å². The van der Waals surface area contributed by atoms with Crippen LogP contribution in [0.1, 0.15) is 24.9 Å². The molecule has 0 aliphatic carbocycles. The van der Waals surface area contributed by atoms with Crippen molar-refractivity contribution < 1.29 is 9.59 Å². The number of thioether (sulfide) groups is 1. The number of nitrogens with one attached hydrogen (secondary N) is 2. The van der Waals surface area contributed by atoms with E-state index in [9.17, 15) is 9.59 Å². The van der Waals surface area contributed by atoms with Crippen LogP contribution < -0.4 is 16.4 Å². The molecular weight excluding hydrogens is 322 g/mol. The third-order valence-electron chi connectivity index (χ3n) is 3.89. The molecule has 3 amide bonds. The van der Waals surface area contributed by atoms with Crippen molar-refractivity contribution in [3.05, 3.63) is 48.0 Å². The van der Waals surface area contributed by atoms with Crippen LogP contribution in [0.4, 0.5) is 4.79 Å². The lowest BCUT2D eigenvalue weighted by Gasteiger charge is -2.21. The van der Waals surface area contributed by atoms with Crippen molar-refractivity contribution in [1.29, 1.82) is 0 Å². The van der Waals surface area contributed by atoms with Crippen LogP contribution in [-0.4, -0.2) is 30.0 Å². The van der Waals surface area contributed by atoms with E-state index >= 15 is 0 Å². The molecule has 2 aromatic rings. The standard InChI is InChI=1S/C18H23N3O2S/c1-12(14-9-5-7-13-6-3-4-8-15(13)14)20-17(22)16(10-11-24-2)21-18(19)23/h3-9,12,16H,10-11H2,1-2H3,(H,20,22)(H3,19,21,23). The molecule has 2 unspecified atom stereocenters. The van der Waals surface area contributed by atoms with Gasteiger partial charge in [-0.2, -0.15) is 11.8 Å². The summed E-state index contributed by atoms with van der Waals surface area (Å²) in [6, 6.07) is 12.6. The summed E-state index contributed by atoms with van der Waals surface area (Å²) in [4.78, 5) is 23.6. The van der Waals surface area contributed by atoms with E-state index in [1.54, 1.807) is 11.8 Å². The van der Waals surface area contributed by atoms with Crippen LogP contribution in [0.5, 0.6) is 0 Å². The molecule has 0 aromatic heterocycles. The Kier molecular flexibility index (Phi) is 6.49. The summed E-state index contributed by atoms with van der Waals surface area (Å²) in [7, 11) is 0. The normalized spacial score (nSPS) is 13.2. The van der Waals surface area contributed by atoms with E-state index in [4.69, 9.17) is 5.73 Å². The Morgan fingerprint density at radius 2 is 1.83 bits per heavy atom. The number of urea groups is 1. The predicted octanol–water partition coefficient (Wildman–Crippen LogP) is 2.81. The Bertz CT molecular complexity index is 715. The van der Waals surface area contributed by atoms with Gasteiger partial charge in [-0.3, -0.25) is 4.79 Å². The van der Waals surface area contributed by atoms with Crippen molar-refractivity contribution >= 4 is 34.5 Å². The zero-order chi connectivity index (χ0) is 17.5.